The molecule has 1 aromatic heterocycles. The topological polar surface area (TPSA) is 118 Å². The number of nitrogens with one attached hydrogen (secondary N) is 2. The molecule has 0 aliphatic carbocycles. The zero-order valence-corrected chi connectivity index (χ0v) is 14.6. The van der Waals surface area contributed by atoms with E-state index in [1.54, 1.807) is 6.07 Å². The van der Waals surface area contributed by atoms with Gasteiger partial charge in [-0.1, -0.05) is 26.3 Å². The van der Waals surface area contributed by atoms with Crippen molar-refractivity contribution >= 4 is 21.5 Å². The monoisotopic (exact) mass is 352 g/mol. The molecule has 2 rings (SSSR count). The molecular formula is C15H20N4O4S. The molecule has 0 saturated carbocycles. The molecule has 9 heteroatoms. The van der Waals surface area contributed by atoms with Gasteiger partial charge in [0.2, 0.25) is 0 Å². The van der Waals surface area contributed by atoms with Gasteiger partial charge in [-0.2, -0.15) is 5.10 Å². The minimum absolute atomic E-state index is 0.0881. The third kappa shape index (κ3) is 3.73. The van der Waals surface area contributed by atoms with Gasteiger partial charge in [0.15, 0.2) is 5.82 Å². The molecule has 2 N–H and O–H groups in total. The second-order valence-electron chi connectivity index (χ2n) is 5.66. The van der Waals surface area contributed by atoms with Crippen LogP contribution in [-0.2, 0) is 10.0 Å². The van der Waals surface area contributed by atoms with E-state index in [1.165, 1.54) is 25.1 Å². The fraction of sp³-hybridized carbons (Fsp3) is 0.400. The van der Waals surface area contributed by atoms with Crippen LogP contribution in [0.4, 0.5) is 11.5 Å². The van der Waals surface area contributed by atoms with Gasteiger partial charge >= 0.3 is 0 Å². The smallest absolute Gasteiger partial charge is 0.273 e. The summed E-state index contributed by atoms with van der Waals surface area (Å²) in [4.78, 5) is 10.2. The van der Waals surface area contributed by atoms with Crippen molar-refractivity contribution in [2.24, 2.45) is 0 Å². The van der Waals surface area contributed by atoms with Crippen LogP contribution >= 0.6 is 0 Å². The summed E-state index contributed by atoms with van der Waals surface area (Å²) in [5.74, 6) is 0.402. The van der Waals surface area contributed by atoms with Crippen molar-refractivity contribution in [2.45, 2.75) is 44.4 Å². The van der Waals surface area contributed by atoms with Crippen molar-refractivity contribution in [1.29, 1.82) is 0 Å². The number of anilines is 1. The Bertz CT molecular complexity index is 845. The van der Waals surface area contributed by atoms with Crippen LogP contribution in [0.5, 0.6) is 0 Å². The van der Waals surface area contributed by atoms with Gasteiger partial charge < -0.3 is 0 Å². The van der Waals surface area contributed by atoms with Gasteiger partial charge in [0.05, 0.1) is 9.82 Å². The predicted octanol–water partition coefficient (Wildman–Crippen LogP) is 3.33. The summed E-state index contributed by atoms with van der Waals surface area (Å²) >= 11 is 0. The molecule has 0 aliphatic rings. The van der Waals surface area contributed by atoms with Gasteiger partial charge in [0.25, 0.3) is 15.7 Å². The summed E-state index contributed by atoms with van der Waals surface area (Å²) in [6.07, 6.45) is 1.96. The average molecular weight is 352 g/mol. The maximum atomic E-state index is 12.5. The zero-order valence-electron chi connectivity index (χ0n) is 13.7. The number of H-pyrrole nitrogens is 1. The third-order valence-electron chi connectivity index (χ3n) is 3.83. The molecule has 130 valence electrons. The number of nitrogens with zero attached hydrogens (tertiary/aromatic N) is 2. The number of aromatic nitrogens is 2. The van der Waals surface area contributed by atoms with Crippen LogP contribution in [0.25, 0.3) is 0 Å². The first kappa shape index (κ1) is 17.9. The molecule has 2 aromatic rings. The number of sulfonamides is 1. The Balaban J connectivity index is 2.30. The van der Waals surface area contributed by atoms with Gasteiger partial charge in [-0.15, -0.1) is 0 Å². The maximum absolute atomic E-state index is 12.5. The van der Waals surface area contributed by atoms with Crippen LogP contribution in [0.15, 0.2) is 29.2 Å². The number of aromatic amines is 1. The largest absolute Gasteiger partial charge is 0.280 e. The Morgan fingerprint density at radius 3 is 2.75 bits per heavy atom. The molecule has 0 amide bonds. The highest BCUT2D eigenvalue weighted by atomic mass is 32.2. The van der Waals surface area contributed by atoms with E-state index in [4.69, 9.17) is 0 Å². The Hall–Kier alpha value is -2.42. The van der Waals surface area contributed by atoms with Crippen molar-refractivity contribution in [2.75, 3.05) is 4.72 Å². The van der Waals surface area contributed by atoms with Crippen molar-refractivity contribution in [3.8, 4) is 0 Å². The molecule has 1 atom stereocenters. The van der Waals surface area contributed by atoms with Gasteiger partial charge in [0.1, 0.15) is 0 Å². The summed E-state index contributed by atoms with van der Waals surface area (Å²) in [7, 11) is -3.96. The molecule has 1 aromatic carbocycles. The lowest BCUT2D eigenvalue weighted by Gasteiger charge is -2.08. The SMILES string of the molecule is CCCC(C)c1cc(NS(=O)(=O)c2cccc([N+](=O)[O-])c2C)n[nH]1. The molecule has 24 heavy (non-hydrogen) atoms. The quantitative estimate of drug-likeness (QED) is 0.585. The van der Waals surface area contributed by atoms with Gasteiger partial charge in [0, 0.05) is 23.4 Å². The van der Waals surface area contributed by atoms with E-state index in [0.717, 1.165) is 18.5 Å². The van der Waals surface area contributed by atoms with Crippen LogP contribution in [-0.4, -0.2) is 23.5 Å². The number of nitro groups is 1. The lowest BCUT2D eigenvalue weighted by molar-refractivity contribution is -0.385. The van der Waals surface area contributed by atoms with Gasteiger partial charge in [-0.3, -0.25) is 19.9 Å². The Kier molecular flexibility index (Phi) is 5.23. The van der Waals surface area contributed by atoms with Crippen LogP contribution < -0.4 is 4.72 Å². The molecule has 8 nitrogen and oxygen atoms in total. The van der Waals surface area contributed by atoms with Gasteiger partial charge in [-0.25, -0.2) is 8.42 Å². The zero-order chi connectivity index (χ0) is 17.9. The van der Waals surface area contributed by atoms with Crippen molar-refractivity contribution in [3.05, 3.63) is 45.6 Å². The van der Waals surface area contributed by atoms with Crippen LogP contribution in [0.2, 0.25) is 0 Å². The summed E-state index contributed by atoms with van der Waals surface area (Å²) < 4.78 is 27.4. The molecule has 0 saturated heterocycles. The number of rotatable bonds is 7. The van der Waals surface area contributed by atoms with Crippen molar-refractivity contribution < 1.29 is 13.3 Å². The van der Waals surface area contributed by atoms with E-state index in [0.29, 0.717) is 0 Å². The summed E-state index contributed by atoms with van der Waals surface area (Å²) in [5, 5.41) is 17.8. The fourth-order valence-electron chi connectivity index (χ4n) is 2.51. The first-order chi connectivity index (χ1) is 11.3. The van der Waals surface area contributed by atoms with Crippen molar-refractivity contribution in [3.63, 3.8) is 0 Å². The molecule has 0 spiro atoms. The standard InChI is InChI=1S/C15H20N4O4S/c1-4-6-10(2)12-9-15(17-16-12)18-24(22,23)14-8-5-7-13(11(14)3)19(20)21/h5,7-10H,4,6H2,1-3H3,(H2,16,17,18). The van der Waals surface area contributed by atoms with E-state index in [9.17, 15) is 18.5 Å². The summed E-state index contributed by atoms with van der Waals surface area (Å²) in [6, 6.07) is 5.59. The Labute approximate surface area is 140 Å². The van der Waals surface area contributed by atoms with Crippen LogP contribution in [0.1, 0.15) is 43.9 Å². The number of nitro benzene ring substituents is 1. The highest BCUT2D eigenvalue weighted by molar-refractivity contribution is 7.92. The molecule has 0 fully saturated rings. The summed E-state index contributed by atoms with van der Waals surface area (Å²) in [6.45, 7) is 5.51. The average Bonchev–Trinajstić information content (AvgIpc) is 2.95. The van der Waals surface area contributed by atoms with E-state index >= 15 is 0 Å². The molecule has 1 unspecified atom stereocenters. The number of benzene rings is 1. The second-order valence-corrected chi connectivity index (χ2v) is 7.31. The number of hydrogen-bond donors (Lipinski definition) is 2. The predicted molar refractivity (Wildman–Crippen MR) is 90.6 cm³/mol. The number of hydrogen-bond acceptors (Lipinski definition) is 5. The Morgan fingerprint density at radius 1 is 1.42 bits per heavy atom. The maximum Gasteiger partial charge on any atom is 0.273 e. The minimum atomic E-state index is -3.96. The molecule has 1 heterocycles. The summed E-state index contributed by atoms with van der Waals surface area (Å²) in [5.41, 5.74) is 0.688. The first-order valence-corrected chi connectivity index (χ1v) is 9.06. The molecule has 0 radical (unpaired) electrons. The molecule has 0 aliphatic heterocycles. The third-order valence-corrected chi connectivity index (χ3v) is 5.33. The lowest BCUT2D eigenvalue weighted by atomic mass is 10.0. The highest BCUT2D eigenvalue weighted by Gasteiger charge is 2.24. The Morgan fingerprint density at radius 2 is 2.12 bits per heavy atom. The van der Waals surface area contributed by atoms with E-state index in [-0.39, 0.29) is 27.9 Å². The van der Waals surface area contributed by atoms with Crippen molar-refractivity contribution in [1.82, 2.24) is 10.2 Å². The highest BCUT2D eigenvalue weighted by Crippen LogP contribution is 2.27. The fourth-order valence-corrected chi connectivity index (χ4v) is 3.77. The van der Waals surface area contributed by atoms with Crippen LogP contribution in [0.3, 0.4) is 0 Å². The van der Waals surface area contributed by atoms with E-state index < -0.39 is 14.9 Å². The first-order valence-electron chi connectivity index (χ1n) is 7.58. The van der Waals surface area contributed by atoms with Crippen LogP contribution in [0, 0.1) is 17.0 Å². The normalized spacial score (nSPS) is 12.8. The van der Waals surface area contributed by atoms with Gasteiger partial charge in [-0.05, 0) is 25.3 Å². The second kappa shape index (κ2) is 7.00. The lowest BCUT2D eigenvalue weighted by Crippen LogP contribution is -2.15. The molecule has 0 bridgehead atoms. The minimum Gasteiger partial charge on any atom is -0.280 e. The van der Waals surface area contributed by atoms with E-state index in [1.807, 2.05) is 6.92 Å². The molecular weight excluding hydrogens is 332 g/mol. The van der Waals surface area contributed by atoms with E-state index in [2.05, 4.69) is 21.8 Å².